The van der Waals surface area contributed by atoms with Gasteiger partial charge in [0, 0.05) is 13.1 Å². The lowest BCUT2D eigenvalue weighted by molar-refractivity contribution is 0.0932. The van der Waals surface area contributed by atoms with Gasteiger partial charge in [-0.15, -0.1) is 0 Å². The van der Waals surface area contributed by atoms with Crippen LogP contribution in [0.2, 0.25) is 0 Å². The highest BCUT2D eigenvalue weighted by Gasteiger charge is 2.22. The van der Waals surface area contributed by atoms with E-state index >= 15 is 0 Å². The van der Waals surface area contributed by atoms with Crippen LogP contribution in [0.1, 0.15) is 55.7 Å². The van der Waals surface area contributed by atoms with E-state index in [1.165, 1.54) is 25.7 Å². The monoisotopic (exact) mass is 278 g/mol. The van der Waals surface area contributed by atoms with Crippen molar-refractivity contribution in [2.75, 3.05) is 12.3 Å². The number of aromatic nitrogens is 2. The second kappa shape index (κ2) is 6.29. The summed E-state index contributed by atoms with van der Waals surface area (Å²) in [4.78, 5) is 12.3. The third-order valence-corrected chi connectivity index (χ3v) is 4.38. The molecule has 1 aliphatic carbocycles. The lowest BCUT2D eigenvalue weighted by Crippen LogP contribution is -2.32. The number of nitrogens with zero attached hydrogens (tertiary/aromatic N) is 2. The van der Waals surface area contributed by atoms with Gasteiger partial charge in [-0.25, -0.2) is 0 Å². The Morgan fingerprint density at radius 1 is 1.40 bits per heavy atom. The lowest BCUT2D eigenvalue weighted by Gasteiger charge is -2.26. The Hall–Kier alpha value is -1.52. The average molecular weight is 278 g/mol. The number of carbonyl (C=O) groups is 1. The van der Waals surface area contributed by atoms with Crippen LogP contribution in [0.15, 0.2) is 0 Å². The summed E-state index contributed by atoms with van der Waals surface area (Å²) >= 11 is 0. The van der Waals surface area contributed by atoms with Crippen LogP contribution >= 0.6 is 0 Å². The molecular formula is C15H26N4O. The predicted molar refractivity (Wildman–Crippen MR) is 80.5 cm³/mol. The van der Waals surface area contributed by atoms with E-state index in [-0.39, 0.29) is 5.91 Å². The molecule has 0 aromatic carbocycles. The molecule has 0 spiro atoms. The van der Waals surface area contributed by atoms with E-state index in [0.717, 1.165) is 18.2 Å². The fourth-order valence-corrected chi connectivity index (χ4v) is 2.92. The van der Waals surface area contributed by atoms with E-state index in [9.17, 15) is 4.79 Å². The number of aryl methyl sites for hydroxylation is 2. The van der Waals surface area contributed by atoms with Gasteiger partial charge in [0.25, 0.3) is 5.91 Å². The van der Waals surface area contributed by atoms with Crippen molar-refractivity contribution in [1.29, 1.82) is 0 Å². The van der Waals surface area contributed by atoms with E-state index in [1.54, 1.807) is 4.68 Å². The Bertz CT molecular complexity index is 472. The van der Waals surface area contributed by atoms with Crippen LogP contribution in [-0.4, -0.2) is 22.2 Å². The molecule has 0 aliphatic heterocycles. The number of anilines is 1. The van der Waals surface area contributed by atoms with Gasteiger partial charge in [-0.3, -0.25) is 9.48 Å². The summed E-state index contributed by atoms with van der Waals surface area (Å²) < 4.78 is 1.68. The molecule has 112 valence electrons. The molecule has 1 amide bonds. The molecule has 5 nitrogen and oxygen atoms in total. The molecule has 1 aromatic heterocycles. The maximum absolute atomic E-state index is 12.3. The zero-order chi connectivity index (χ0) is 14.7. The van der Waals surface area contributed by atoms with Crippen molar-refractivity contribution in [2.24, 2.45) is 11.8 Å². The highest BCUT2D eigenvalue weighted by Crippen LogP contribution is 2.27. The summed E-state index contributed by atoms with van der Waals surface area (Å²) in [6.07, 6.45) is 4.97. The summed E-state index contributed by atoms with van der Waals surface area (Å²) in [7, 11) is 0. The van der Waals surface area contributed by atoms with Crippen LogP contribution in [0.5, 0.6) is 0 Å². The molecule has 1 aromatic rings. The normalized spacial score (nSPS) is 22.8. The number of nitrogens with one attached hydrogen (secondary N) is 1. The SMILES string of the molecule is CCn1nc(C)c(N)c1C(=O)NCC1CCC(C)CC1. The molecule has 2 rings (SSSR count). The second-order valence-corrected chi connectivity index (χ2v) is 6.00. The first-order valence-corrected chi connectivity index (χ1v) is 7.64. The second-order valence-electron chi connectivity index (χ2n) is 6.00. The average Bonchev–Trinajstić information content (AvgIpc) is 2.73. The zero-order valence-electron chi connectivity index (χ0n) is 12.8. The van der Waals surface area contributed by atoms with Crippen LogP contribution < -0.4 is 11.1 Å². The molecule has 0 saturated heterocycles. The number of carbonyl (C=O) groups excluding carboxylic acids is 1. The third-order valence-electron chi connectivity index (χ3n) is 4.38. The van der Waals surface area contributed by atoms with E-state index in [2.05, 4.69) is 17.3 Å². The van der Waals surface area contributed by atoms with Crippen LogP contribution in [0, 0.1) is 18.8 Å². The van der Waals surface area contributed by atoms with Gasteiger partial charge in [-0.2, -0.15) is 5.10 Å². The molecule has 0 unspecified atom stereocenters. The van der Waals surface area contributed by atoms with Gasteiger partial charge in [-0.05, 0) is 38.5 Å². The number of amides is 1. The molecule has 5 heteroatoms. The van der Waals surface area contributed by atoms with E-state index < -0.39 is 0 Å². The quantitative estimate of drug-likeness (QED) is 0.888. The number of nitrogen functional groups attached to an aromatic ring is 1. The molecule has 1 fully saturated rings. The van der Waals surface area contributed by atoms with Crippen molar-refractivity contribution in [3.05, 3.63) is 11.4 Å². The Kier molecular flexibility index (Phi) is 4.68. The number of hydrogen-bond acceptors (Lipinski definition) is 3. The van der Waals surface area contributed by atoms with Crippen molar-refractivity contribution in [3.63, 3.8) is 0 Å². The van der Waals surface area contributed by atoms with E-state index in [4.69, 9.17) is 5.73 Å². The maximum atomic E-state index is 12.3. The van der Waals surface area contributed by atoms with Crippen molar-refractivity contribution in [1.82, 2.24) is 15.1 Å². The van der Waals surface area contributed by atoms with Crippen molar-refractivity contribution >= 4 is 11.6 Å². The first-order valence-electron chi connectivity index (χ1n) is 7.64. The fraction of sp³-hybridized carbons (Fsp3) is 0.733. The minimum atomic E-state index is -0.0939. The smallest absolute Gasteiger partial charge is 0.271 e. The molecule has 20 heavy (non-hydrogen) atoms. The number of rotatable bonds is 4. The summed E-state index contributed by atoms with van der Waals surface area (Å²) in [5.41, 5.74) is 7.70. The number of nitrogens with two attached hydrogens (primary N) is 1. The highest BCUT2D eigenvalue weighted by atomic mass is 16.2. The summed E-state index contributed by atoms with van der Waals surface area (Å²) in [5, 5.41) is 7.32. The third kappa shape index (κ3) is 3.14. The van der Waals surface area contributed by atoms with Gasteiger partial charge >= 0.3 is 0 Å². The van der Waals surface area contributed by atoms with Crippen LogP contribution in [-0.2, 0) is 6.54 Å². The minimum Gasteiger partial charge on any atom is -0.395 e. The lowest BCUT2D eigenvalue weighted by atomic mass is 9.83. The topological polar surface area (TPSA) is 72.9 Å². The molecule has 1 saturated carbocycles. The highest BCUT2D eigenvalue weighted by molar-refractivity contribution is 5.97. The fourth-order valence-electron chi connectivity index (χ4n) is 2.92. The molecule has 0 radical (unpaired) electrons. The van der Waals surface area contributed by atoms with Gasteiger partial charge in [0.05, 0.1) is 11.4 Å². The Balaban J connectivity index is 1.95. The minimum absolute atomic E-state index is 0.0939. The maximum Gasteiger partial charge on any atom is 0.271 e. The Morgan fingerprint density at radius 2 is 2.05 bits per heavy atom. The standard InChI is InChI=1S/C15H26N4O/c1-4-19-14(13(16)11(3)18-19)15(20)17-9-12-7-5-10(2)6-8-12/h10,12H,4-9,16H2,1-3H3,(H,17,20). The Morgan fingerprint density at radius 3 is 2.65 bits per heavy atom. The van der Waals surface area contributed by atoms with Gasteiger partial charge in [-0.1, -0.05) is 19.8 Å². The molecule has 1 aliphatic rings. The summed E-state index contributed by atoms with van der Waals surface area (Å²) in [5.74, 6) is 1.35. The molecule has 0 atom stereocenters. The molecule has 3 N–H and O–H groups in total. The largest absolute Gasteiger partial charge is 0.395 e. The first-order chi connectivity index (χ1) is 9.52. The van der Waals surface area contributed by atoms with Crippen molar-refractivity contribution in [2.45, 2.75) is 53.0 Å². The van der Waals surface area contributed by atoms with E-state index in [1.807, 2.05) is 13.8 Å². The van der Waals surface area contributed by atoms with Gasteiger partial charge in [0.15, 0.2) is 0 Å². The molecular weight excluding hydrogens is 252 g/mol. The van der Waals surface area contributed by atoms with Crippen LogP contribution in [0.4, 0.5) is 5.69 Å². The zero-order valence-corrected chi connectivity index (χ0v) is 12.8. The van der Waals surface area contributed by atoms with Crippen molar-refractivity contribution in [3.8, 4) is 0 Å². The summed E-state index contributed by atoms with van der Waals surface area (Å²) in [6, 6.07) is 0. The van der Waals surface area contributed by atoms with E-state index in [0.29, 0.717) is 23.8 Å². The van der Waals surface area contributed by atoms with Crippen molar-refractivity contribution < 1.29 is 4.79 Å². The van der Waals surface area contributed by atoms with Gasteiger partial charge in [0.2, 0.25) is 0 Å². The summed E-state index contributed by atoms with van der Waals surface area (Å²) in [6.45, 7) is 7.50. The predicted octanol–water partition coefficient (Wildman–Crippen LogP) is 2.35. The van der Waals surface area contributed by atoms with Gasteiger partial charge < -0.3 is 11.1 Å². The van der Waals surface area contributed by atoms with Gasteiger partial charge in [0.1, 0.15) is 5.69 Å². The molecule has 1 heterocycles. The first kappa shape index (κ1) is 14.9. The Labute approximate surface area is 120 Å². The molecule has 0 bridgehead atoms. The number of hydrogen-bond donors (Lipinski definition) is 2. The van der Waals surface area contributed by atoms with Crippen LogP contribution in [0.25, 0.3) is 0 Å². The van der Waals surface area contributed by atoms with Crippen LogP contribution in [0.3, 0.4) is 0 Å².